The first-order valence-electron chi connectivity index (χ1n) is 8.63. The van der Waals surface area contributed by atoms with Gasteiger partial charge in [0.2, 0.25) is 0 Å². The zero-order valence-electron chi connectivity index (χ0n) is 17.8. The zero-order chi connectivity index (χ0) is 23.5. The van der Waals surface area contributed by atoms with Gasteiger partial charge in [-0.1, -0.05) is 13.8 Å². The van der Waals surface area contributed by atoms with Crippen molar-refractivity contribution in [2.45, 2.75) is 78.7 Å². The normalized spacial score (nSPS) is 22.8. The van der Waals surface area contributed by atoms with Gasteiger partial charge in [0, 0.05) is 43.7 Å². The molecule has 2 rings (SSSR count). The van der Waals surface area contributed by atoms with E-state index >= 15 is 0 Å². The third kappa shape index (κ3) is 24.4. The number of hydrogen-bond donors (Lipinski definition) is 0. The molecule has 2 aliphatic rings. The van der Waals surface area contributed by atoms with Crippen molar-refractivity contribution in [2.24, 2.45) is 0 Å². The Kier molecular flexibility index (Phi) is 36.1. The fourth-order valence-corrected chi connectivity index (χ4v) is 1.77. The van der Waals surface area contributed by atoms with Gasteiger partial charge < -0.3 is 23.7 Å². The number of Topliss-reactive ketones (excluding diaryl/α,β-unsaturated/α-hetero) is 2. The van der Waals surface area contributed by atoms with E-state index in [4.69, 9.17) is 18.9 Å². The average molecular weight is 1110 g/mol. The number of halogens is 6. The second-order valence-corrected chi connectivity index (χ2v) is 22.2. The third-order valence-electron chi connectivity index (χ3n) is 3.16. The van der Waals surface area contributed by atoms with Crippen molar-refractivity contribution >= 4 is 116 Å². The summed E-state index contributed by atoms with van der Waals surface area (Å²) in [6.07, 6.45) is 1.50. The van der Waals surface area contributed by atoms with Gasteiger partial charge in [-0.05, 0) is 34.1 Å². The molecular formula is C17H31I6O7-. The maximum atomic E-state index is 10.7. The Hall–Kier alpha value is 3.23. The summed E-state index contributed by atoms with van der Waals surface area (Å²) in [5.74, 6) is -0.488. The van der Waals surface area contributed by atoms with Crippen molar-refractivity contribution in [3.8, 4) is 0 Å². The summed E-state index contributed by atoms with van der Waals surface area (Å²) >= 11 is 9.54. The molecule has 0 aromatic carbocycles. The van der Waals surface area contributed by atoms with E-state index in [9.17, 15) is 14.4 Å². The van der Waals surface area contributed by atoms with Gasteiger partial charge >= 0.3 is 50.5 Å². The van der Waals surface area contributed by atoms with Crippen LogP contribution < -0.4 is 13.3 Å². The van der Waals surface area contributed by atoms with Gasteiger partial charge in [-0.3, -0.25) is 9.59 Å². The van der Waals surface area contributed by atoms with E-state index in [-0.39, 0.29) is 54.0 Å². The van der Waals surface area contributed by atoms with Crippen LogP contribution in [0.15, 0.2) is 0 Å². The molecule has 7 nitrogen and oxygen atoms in total. The van der Waals surface area contributed by atoms with Crippen molar-refractivity contribution < 1.29 is 46.6 Å². The molecule has 13 heteroatoms. The van der Waals surface area contributed by atoms with E-state index in [1.54, 1.807) is 13.8 Å². The molecule has 30 heavy (non-hydrogen) atoms. The maximum absolute atomic E-state index is 10.7. The topological polar surface area (TPSA) is 88.1 Å². The van der Waals surface area contributed by atoms with Crippen molar-refractivity contribution in [2.75, 3.05) is 13.2 Å². The van der Waals surface area contributed by atoms with Crippen molar-refractivity contribution in [3.05, 3.63) is 0 Å². The number of ether oxygens (including phenoxy) is 4. The Morgan fingerprint density at radius 1 is 1.07 bits per heavy atom. The van der Waals surface area contributed by atoms with Gasteiger partial charge in [-0.2, -0.15) is 0 Å². The number of carbonyl (C=O) groups excluding carboxylic acids is 3. The first-order valence-corrected chi connectivity index (χ1v) is 27.5. The molecule has 0 aromatic rings. The minimum absolute atomic E-state index is 0. The number of ketones is 2. The van der Waals surface area contributed by atoms with E-state index in [1.807, 2.05) is 13.8 Å². The summed E-state index contributed by atoms with van der Waals surface area (Å²) in [4.78, 5) is 30.6. The quantitative estimate of drug-likeness (QED) is 0.316. The summed E-state index contributed by atoms with van der Waals surface area (Å²) in [7, 11) is 0. The molecule has 2 fully saturated rings. The van der Waals surface area contributed by atoms with E-state index in [2.05, 4.69) is 74.5 Å². The molecule has 0 aromatic heterocycles. The minimum atomic E-state index is -0.573. The third-order valence-corrected chi connectivity index (χ3v) is 3.16. The van der Waals surface area contributed by atoms with Crippen LogP contribution in [0.5, 0.6) is 0 Å². The molecule has 184 valence electrons. The standard InChI is InChI=1S/2C7H12O3.C3H6O.I3.I2.HI/c1-5(8)6-4-9-7(2,3)10-6;1-3-7-9-4-6(10-7)5(2)8;1-2-3-4;1-3-2;1-2;/h6H,4H2,1-3H3;6-7H,3-4H2,1-2H3;3H,2H2,1H3;;;1H/q;;;-1;;/t6-;6-,7?;;;;/m11..../s1. The monoisotopic (exact) mass is 1110 g/mol. The van der Waals surface area contributed by atoms with Crippen LogP contribution >= 0.6 is 98.4 Å². The zero-order valence-corrected chi connectivity index (χ0v) is 30.9. The molecule has 3 atom stereocenters. The van der Waals surface area contributed by atoms with Crippen LogP contribution in [0, 0.1) is 0 Å². The number of carbonyl (C=O) groups is 3. The molecule has 1 unspecified atom stereocenters. The Bertz CT molecular complexity index is 441. The summed E-state index contributed by atoms with van der Waals surface area (Å²) in [5.41, 5.74) is 0. The second kappa shape index (κ2) is 26.8. The fourth-order valence-electron chi connectivity index (χ4n) is 1.77. The van der Waals surface area contributed by atoms with Gasteiger partial charge in [0.05, 0.1) is 13.2 Å². The van der Waals surface area contributed by atoms with Gasteiger partial charge in [-0.15, -0.1) is 24.0 Å². The molecule has 2 saturated heterocycles. The first kappa shape index (κ1) is 40.4. The van der Waals surface area contributed by atoms with Gasteiger partial charge in [0.1, 0.15) is 18.5 Å². The molecule has 0 N–H and O–H groups in total. The van der Waals surface area contributed by atoms with E-state index in [0.717, 1.165) is 12.7 Å². The summed E-state index contributed by atoms with van der Waals surface area (Å²) < 4.78 is 20.7. The fraction of sp³-hybridized carbons (Fsp3) is 0.824. The van der Waals surface area contributed by atoms with Crippen molar-refractivity contribution in [1.82, 2.24) is 0 Å². The van der Waals surface area contributed by atoms with Gasteiger partial charge in [0.25, 0.3) is 0 Å². The molecule has 0 saturated carbocycles. The van der Waals surface area contributed by atoms with E-state index in [0.29, 0.717) is 32.9 Å². The predicted octanol–water partition coefficient (Wildman–Crippen LogP) is 3.21. The number of aldehydes is 1. The van der Waals surface area contributed by atoms with Crippen molar-refractivity contribution in [1.29, 1.82) is 0 Å². The molecule has 2 aliphatic heterocycles. The van der Waals surface area contributed by atoms with Crippen LogP contribution in [0.3, 0.4) is 0 Å². The van der Waals surface area contributed by atoms with Crippen LogP contribution in [0.2, 0.25) is 0 Å². The second-order valence-electron chi connectivity index (χ2n) is 5.96. The Labute approximate surface area is 250 Å². The van der Waals surface area contributed by atoms with Crippen LogP contribution in [0.4, 0.5) is 0 Å². The number of rotatable bonds is 4. The molecule has 0 radical (unpaired) electrons. The Morgan fingerprint density at radius 2 is 1.50 bits per heavy atom. The van der Waals surface area contributed by atoms with Crippen LogP contribution in [-0.2, 0) is 33.3 Å². The van der Waals surface area contributed by atoms with Crippen LogP contribution in [0.25, 0.3) is 0 Å². The summed E-state index contributed by atoms with van der Waals surface area (Å²) in [6, 6.07) is 0. The Balaban J connectivity index is -0.000000159. The summed E-state index contributed by atoms with van der Waals surface area (Å²) in [6.45, 7) is 11.2. The number of hydrogen-bond acceptors (Lipinski definition) is 7. The molecule has 2 heterocycles. The average Bonchev–Trinajstić information content (AvgIpc) is 3.31. The van der Waals surface area contributed by atoms with E-state index in [1.165, 1.54) is 13.8 Å². The van der Waals surface area contributed by atoms with Crippen molar-refractivity contribution in [3.63, 3.8) is 0 Å². The van der Waals surface area contributed by atoms with Crippen LogP contribution in [0.1, 0.15) is 54.4 Å². The molecule has 0 amide bonds. The molecular weight excluding hydrogens is 1080 g/mol. The SMILES string of the molecule is CC(=O)[C@H]1COC(C)(C)O1.CCC1OC[C@H](C(C)=O)O1.CCC=O.I.II.I[I-]I. The predicted molar refractivity (Wildman–Crippen MR) is 159 cm³/mol. The molecule has 0 aliphatic carbocycles. The first-order chi connectivity index (χ1) is 13.6. The van der Waals surface area contributed by atoms with Gasteiger partial charge in [0.15, 0.2) is 23.6 Å². The molecule has 0 bridgehead atoms. The van der Waals surface area contributed by atoms with Gasteiger partial charge in [-0.25, -0.2) is 0 Å². The molecule has 0 spiro atoms. The van der Waals surface area contributed by atoms with Crippen LogP contribution in [-0.4, -0.2) is 55.4 Å². The summed E-state index contributed by atoms with van der Waals surface area (Å²) in [5, 5.41) is 0. The Morgan fingerprint density at radius 3 is 1.67 bits per heavy atom. The van der Waals surface area contributed by atoms with E-state index < -0.39 is 5.79 Å².